The normalized spacial score (nSPS) is 17.3. The molecule has 1 aliphatic rings. The summed E-state index contributed by atoms with van der Waals surface area (Å²) >= 11 is 0. The Bertz CT molecular complexity index is 413. The van der Waals surface area contributed by atoms with Crippen LogP contribution in [0.25, 0.3) is 0 Å². The Labute approximate surface area is 121 Å². The number of hydrogen-bond acceptors (Lipinski definition) is 2. The van der Waals surface area contributed by atoms with Crippen molar-refractivity contribution in [3.05, 3.63) is 35.9 Å². The van der Waals surface area contributed by atoms with Crippen molar-refractivity contribution in [1.82, 2.24) is 10.2 Å². The fourth-order valence-corrected chi connectivity index (χ4v) is 2.50. The molecule has 1 aliphatic heterocycles. The number of benzene rings is 1. The van der Waals surface area contributed by atoms with Crippen molar-refractivity contribution in [3.63, 3.8) is 0 Å². The SMILES string of the molecule is CCNC(=NCC(O)Cc1ccccc1)N1CCCC1. The highest BCUT2D eigenvalue weighted by Gasteiger charge is 2.16. The van der Waals surface area contributed by atoms with Crippen molar-refractivity contribution in [2.75, 3.05) is 26.2 Å². The van der Waals surface area contributed by atoms with Crippen molar-refractivity contribution < 1.29 is 5.11 Å². The molecule has 1 unspecified atom stereocenters. The van der Waals surface area contributed by atoms with Gasteiger partial charge in [0, 0.05) is 26.1 Å². The Hall–Kier alpha value is -1.55. The number of nitrogens with zero attached hydrogens (tertiary/aromatic N) is 2. The maximum atomic E-state index is 10.1. The van der Waals surface area contributed by atoms with E-state index in [1.165, 1.54) is 12.8 Å². The summed E-state index contributed by atoms with van der Waals surface area (Å²) in [5.41, 5.74) is 1.15. The Morgan fingerprint density at radius 1 is 1.30 bits per heavy atom. The van der Waals surface area contributed by atoms with Crippen molar-refractivity contribution in [2.45, 2.75) is 32.3 Å². The first-order valence-electron chi connectivity index (χ1n) is 7.55. The predicted octanol–water partition coefficient (Wildman–Crippen LogP) is 1.65. The summed E-state index contributed by atoms with van der Waals surface area (Å²) in [6.07, 6.45) is 2.70. The van der Waals surface area contributed by atoms with Gasteiger partial charge in [-0.1, -0.05) is 30.3 Å². The average Bonchev–Trinajstić information content (AvgIpc) is 2.98. The monoisotopic (exact) mass is 275 g/mol. The zero-order chi connectivity index (χ0) is 14.2. The van der Waals surface area contributed by atoms with Crippen molar-refractivity contribution >= 4 is 5.96 Å². The minimum Gasteiger partial charge on any atom is -0.391 e. The van der Waals surface area contributed by atoms with Crippen molar-refractivity contribution in [3.8, 4) is 0 Å². The van der Waals surface area contributed by atoms with E-state index in [4.69, 9.17) is 0 Å². The molecule has 0 bridgehead atoms. The molecule has 1 heterocycles. The van der Waals surface area contributed by atoms with Crippen LogP contribution in [0.1, 0.15) is 25.3 Å². The van der Waals surface area contributed by atoms with E-state index in [2.05, 4.69) is 22.1 Å². The summed E-state index contributed by atoms with van der Waals surface area (Å²) in [6, 6.07) is 10.1. The largest absolute Gasteiger partial charge is 0.391 e. The van der Waals surface area contributed by atoms with Crippen LogP contribution in [-0.2, 0) is 6.42 Å². The highest BCUT2D eigenvalue weighted by atomic mass is 16.3. The van der Waals surface area contributed by atoms with E-state index in [9.17, 15) is 5.11 Å². The molecular weight excluding hydrogens is 250 g/mol. The number of aliphatic imine (C=N–C) groups is 1. The zero-order valence-electron chi connectivity index (χ0n) is 12.3. The van der Waals surface area contributed by atoms with Crippen LogP contribution in [0.15, 0.2) is 35.3 Å². The lowest BCUT2D eigenvalue weighted by atomic mass is 10.1. The minimum absolute atomic E-state index is 0.423. The second kappa shape index (κ2) is 7.90. The maximum absolute atomic E-state index is 10.1. The molecule has 1 aromatic rings. The third-order valence-corrected chi connectivity index (χ3v) is 3.51. The van der Waals surface area contributed by atoms with Gasteiger partial charge in [-0.15, -0.1) is 0 Å². The predicted molar refractivity (Wildman–Crippen MR) is 82.9 cm³/mol. The van der Waals surface area contributed by atoms with E-state index in [0.717, 1.165) is 31.2 Å². The Balaban J connectivity index is 1.87. The summed E-state index contributed by atoms with van der Waals surface area (Å²) in [7, 11) is 0. The molecule has 0 radical (unpaired) electrons. The number of rotatable bonds is 5. The molecule has 0 aliphatic carbocycles. The first-order valence-corrected chi connectivity index (χ1v) is 7.55. The quantitative estimate of drug-likeness (QED) is 0.634. The average molecular weight is 275 g/mol. The molecule has 4 heteroatoms. The molecule has 110 valence electrons. The van der Waals surface area contributed by atoms with E-state index in [-0.39, 0.29) is 0 Å². The van der Waals surface area contributed by atoms with Gasteiger partial charge >= 0.3 is 0 Å². The highest BCUT2D eigenvalue weighted by molar-refractivity contribution is 5.80. The van der Waals surface area contributed by atoms with Gasteiger partial charge in [-0.25, -0.2) is 0 Å². The second-order valence-electron chi connectivity index (χ2n) is 5.23. The lowest BCUT2D eigenvalue weighted by Crippen LogP contribution is -2.40. The standard InChI is InChI=1S/C16H25N3O/c1-2-17-16(19-10-6-7-11-19)18-13-15(20)12-14-8-4-3-5-9-14/h3-5,8-9,15,20H,2,6-7,10-13H2,1H3,(H,17,18). The molecule has 1 fully saturated rings. The molecule has 20 heavy (non-hydrogen) atoms. The zero-order valence-corrected chi connectivity index (χ0v) is 12.3. The third-order valence-electron chi connectivity index (χ3n) is 3.51. The van der Waals surface area contributed by atoms with E-state index in [1.807, 2.05) is 30.3 Å². The van der Waals surface area contributed by atoms with Crippen LogP contribution in [0.4, 0.5) is 0 Å². The Morgan fingerprint density at radius 3 is 2.65 bits per heavy atom. The summed E-state index contributed by atoms with van der Waals surface area (Å²) in [4.78, 5) is 6.85. The van der Waals surface area contributed by atoms with Gasteiger partial charge in [0.25, 0.3) is 0 Å². The smallest absolute Gasteiger partial charge is 0.194 e. The van der Waals surface area contributed by atoms with Crippen LogP contribution in [0.5, 0.6) is 0 Å². The Kier molecular flexibility index (Phi) is 5.87. The molecule has 1 saturated heterocycles. The minimum atomic E-state index is -0.423. The molecule has 4 nitrogen and oxygen atoms in total. The number of likely N-dealkylation sites (tertiary alicyclic amines) is 1. The molecular formula is C16H25N3O. The molecule has 0 aromatic heterocycles. The van der Waals surface area contributed by atoms with Gasteiger partial charge in [0.2, 0.25) is 0 Å². The first-order chi connectivity index (χ1) is 9.79. The third kappa shape index (κ3) is 4.53. The van der Waals surface area contributed by atoms with Crippen LogP contribution >= 0.6 is 0 Å². The molecule has 0 saturated carbocycles. The number of aliphatic hydroxyl groups excluding tert-OH is 1. The van der Waals surface area contributed by atoms with E-state index >= 15 is 0 Å². The molecule has 2 rings (SSSR count). The molecule has 2 N–H and O–H groups in total. The van der Waals surface area contributed by atoms with Gasteiger partial charge in [-0.2, -0.15) is 0 Å². The summed E-state index contributed by atoms with van der Waals surface area (Å²) < 4.78 is 0. The van der Waals surface area contributed by atoms with Crippen molar-refractivity contribution in [1.29, 1.82) is 0 Å². The number of aliphatic hydroxyl groups is 1. The molecule has 1 aromatic carbocycles. The van der Waals surface area contributed by atoms with Crippen LogP contribution in [0, 0.1) is 0 Å². The van der Waals surface area contributed by atoms with E-state index in [1.54, 1.807) is 0 Å². The van der Waals surface area contributed by atoms with Crippen molar-refractivity contribution in [2.24, 2.45) is 4.99 Å². The van der Waals surface area contributed by atoms with Gasteiger partial charge in [0.1, 0.15) is 0 Å². The first kappa shape index (κ1) is 14.9. The van der Waals surface area contributed by atoms with E-state index < -0.39 is 6.10 Å². The number of nitrogens with one attached hydrogen (secondary N) is 1. The highest BCUT2D eigenvalue weighted by Crippen LogP contribution is 2.08. The van der Waals surface area contributed by atoms with Crippen LogP contribution in [0.2, 0.25) is 0 Å². The summed E-state index contributed by atoms with van der Waals surface area (Å²) in [5, 5.41) is 13.4. The lowest BCUT2D eigenvalue weighted by Gasteiger charge is -2.21. The second-order valence-corrected chi connectivity index (χ2v) is 5.23. The maximum Gasteiger partial charge on any atom is 0.194 e. The number of guanidine groups is 1. The van der Waals surface area contributed by atoms with Gasteiger partial charge in [-0.3, -0.25) is 4.99 Å². The van der Waals surface area contributed by atoms with Gasteiger partial charge < -0.3 is 15.3 Å². The van der Waals surface area contributed by atoms with Gasteiger partial charge in [0.15, 0.2) is 5.96 Å². The molecule has 0 amide bonds. The summed E-state index contributed by atoms with van der Waals surface area (Å²) in [6.45, 7) is 5.53. The molecule has 0 spiro atoms. The fraction of sp³-hybridized carbons (Fsp3) is 0.562. The fourth-order valence-electron chi connectivity index (χ4n) is 2.50. The van der Waals surface area contributed by atoms with Crippen LogP contribution < -0.4 is 5.32 Å². The molecule has 1 atom stereocenters. The number of hydrogen-bond donors (Lipinski definition) is 2. The van der Waals surface area contributed by atoms with Crippen LogP contribution in [0.3, 0.4) is 0 Å². The summed E-state index contributed by atoms with van der Waals surface area (Å²) in [5.74, 6) is 0.942. The van der Waals surface area contributed by atoms with Crippen LogP contribution in [-0.4, -0.2) is 48.2 Å². The Morgan fingerprint density at radius 2 is 2.00 bits per heavy atom. The topological polar surface area (TPSA) is 47.9 Å². The van der Waals surface area contributed by atoms with E-state index in [0.29, 0.717) is 13.0 Å². The van der Waals surface area contributed by atoms with Gasteiger partial charge in [-0.05, 0) is 25.3 Å². The lowest BCUT2D eigenvalue weighted by molar-refractivity contribution is 0.183. The van der Waals surface area contributed by atoms with Gasteiger partial charge in [0.05, 0.1) is 12.6 Å².